The molecule has 2 heterocycles. The fourth-order valence-electron chi connectivity index (χ4n) is 3.25. The predicted molar refractivity (Wildman–Crippen MR) is 94.2 cm³/mol. The number of hydrogen-bond donors (Lipinski definition) is 1. The van der Waals surface area contributed by atoms with Crippen LogP contribution < -0.4 is 4.74 Å². The predicted octanol–water partition coefficient (Wildman–Crippen LogP) is 4.30. The molecule has 1 N–H and O–H groups in total. The van der Waals surface area contributed by atoms with Gasteiger partial charge in [0.2, 0.25) is 0 Å². The number of carboxylic acid groups (broad SMARTS) is 1. The van der Waals surface area contributed by atoms with Crippen LogP contribution in [0.1, 0.15) is 29.3 Å². The second-order valence-electron chi connectivity index (χ2n) is 5.66. The summed E-state index contributed by atoms with van der Waals surface area (Å²) in [6.45, 7) is 0.650. The number of aliphatic carboxylic acids is 1. The smallest absolute Gasteiger partial charge is 0.320 e. The maximum absolute atomic E-state index is 13.9. The zero-order valence-corrected chi connectivity index (χ0v) is 15.4. The summed E-state index contributed by atoms with van der Waals surface area (Å²) in [6, 6.07) is 7.31. The molecule has 24 heavy (non-hydrogen) atoms. The van der Waals surface area contributed by atoms with E-state index in [4.69, 9.17) is 4.74 Å². The van der Waals surface area contributed by atoms with E-state index < -0.39 is 12.0 Å². The molecule has 128 valence electrons. The third kappa shape index (κ3) is 3.34. The van der Waals surface area contributed by atoms with E-state index in [0.29, 0.717) is 24.3 Å². The Hall–Kier alpha value is -1.44. The maximum Gasteiger partial charge on any atom is 0.320 e. The first kappa shape index (κ1) is 17.4. The number of benzene rings is 1. The summed E-state index contributed by atoms with van der Waals surface area (Å²) in [7, 11) is 1.54. The van der Waals surface area contributed by atoms with Crippen LogP contribution in [0.5, 0.6) is 5.75 Å². The van der Waals surface area contributed by atoms with Gasteiger partial charge in [0.25, 0.3) is 0 Å². The largest absolute Gasteiger partial charge is 0.496 e. The Kier molecular flexibility index (Phi) is 5.22. The molecule has 7 heteroatoms. The van der Waals surface area contributed by atoms with Gasteiger partial charge in [-0.1, -0.05) is 0 Å². The zero-order chi connectivity index (χ0) is 17.3. The van der Waals surface area contributed by atoms with E-state index >= 15 is 0 Å². The summed E-state index contributed by atoms with van der Waals surface area (Å²) in [5.41, 5.74) is 0.653. The van der Waals surface area contributed by atoms with Crippen LogP contribution in [0.3, 0.4) is 0 Å². The van der Waals surface area contributed by atoms with Crippen molar-refractivity contribution < 1.29 is 19.0 Å². The van der Waals surface area contributed by atoms with E-state index in [1.54, 1.807) is 6.07 Å². The van der Waals surface area contributed by atoms with E-state index in [-0.39, 0.29) is 11.9 Å². The third-order valence-corrected chi connectivity index (χ3v) is 5.94. The number of halogens is 2. The number of ether oxygens (including phenoxy) is 1. The van der Waals surface area contributed by atoms with Gasteiger partial charge in [-0.2, -0.15) is 0 Å². The van der Waals surface area contributed by atoms with Crippen LogP contribution >= 0.6 is 27.3 Å². The Morgan fingerprint density at radius 1 is 1.46 bits per heavy atom. The SMILES string of the molecule is COc1ccc(F)cc1C(c1ccc(Br)s1)N1CCCC1C(=O)O. The molecule has 2 atom stereocenters. The number of thiophene rings is 1. The van der Waals surface area contributed by atoms with E-state index in [1.807, 2.05) is 17.0 Å². The van der Waals surface area contributed by atoms with Crippen molar-refractivity contribution in [2.45, 2.75) is 24.9 Å². The molecule has 0 amide bonds. The molecule has 1 fully saturated rings. The minimum atomic E-state index is -0.844. The van der Waals surface area contributed by atoms with E-state index in [0.717, 1.165) is 15.1 Å². The summed E-state index contributed by atoms with van der Waals surface area (Å²) < 4.78 is 20.3. The molecule has 0 radical (unpaired) electrons. The lowest BCUT2D eigenvalue weighted by molar-refractivity contribution is -0.142. The second-order valence-corrected chi connectivity index (χ2v) is 8.16. The van der Waals surface area contributed by atoms with E-state index in [1.165, 1.54) is 30.6 Å². The highest BCUT2D eigenvalue weighted by Crippen LogP contribution is 2.42. The van der Waals surface area contributed by atoms with Crippen LogP contribution in [0.25, 0.3) is 0 Å². The number of rotatable bonds is 5. The monoisotopic (exact) mass is 413 g/mol. The Labute approximate surface area is 152 Å². The number of carboxylic acids is 1. The highest BCUT2D eigenvalue weighted by atomic mass is 79.9. The van der Waals surface area contributed by atoms with Crippen molar-refractivity contribution in [2.75, 3.05) is 13.7 Å². The normalized spacial score (nSPS) is 19.4. The lowest BCUT2D eigenvalue weighted by Crippen LogP contribution is -2.39. The molecule has 1 aromatic heterocycles. The molecular formula is C17H17BrFNO3S. The molecular weight excluding hydrogens is 397 g/mol. The van der Waals surface area contributed by atoms with Gasteiger partial charge in [0.1, 0.15) is 17.6 Å². The number of likely N-dealkylation sites (tertiary alicyclic amines) is 1. The maximum atomic E-state index is 13.9. The standard InChI is InChI=1S/C17H17BrFNO3S/c1-23-13-5-4-10(19)9-11(13)16(14-6-7-15(18)24-14)20-8-2-3-12(20)17(21)22/h4-7,9,12,16H,2-3,8H2,1H3,(H,21,22). The Morgan fingerprint density at radius 2 is 2.25 bits per heavy atom. The zero-order valence-electron chi connectivity index (χ0n) is 13.0. The molecule has 0 spiro atoms. The summed E-state index contributed by atoms with van der Waals surface area (Å²) >= 11 is 4.97. The van der Waals surface area contributed by atoms with E-state index in [2.05, 4.69) is 15.9 Å². The number of carbonyl (C=O) groups is 1. The number of nitrogens with zero attached hydrogens (tertiary/aromatic N) is 1. The van der Waals surface area contributed by atoms with Gasteiger partial charge in [-0.15, -0.1) is 11.3 Å². The average molecular weight is 414 g/mol. The van der Waals surface area contributed by atoms with Gasteiger partial charge < -0.3 is 9.84 Å². The molecule has 3 rings (SSSR count). The molecule has 2 aromatic rings. The Balaban J connectivity index is 2.13. The average Bonchev–Trinajstić information content (AvgIpc) is 3.18. The van der Waals surface area contributed by atoms with Crippen LogP contribution in [0.4, 0.5) is 4.39 Å². The van der Waals surface area contributed by atoms with Crippen LogP contribution in [0, 0.1) is 5.82 Å². The topological polar surface area (TPSA) is 49.8 Å². The highest BCUT2D eigenvalue weighted by molar-refractivity contribution is 9.11. The van der Waals surface area contributed by atoms with E-state index in [9.17, 15) is 14.3 Å². The van der Waals surface area contributed by atoms with Gasteiger partial charge in [-0.05, 0) is 59.1 Å². The third-order valence-electron chi connectivity index (χ3n) is 4.26. The minimum absolute atomic E-state index is 0.351. The van der Waals surface area contributed by atoms with Crippen molar-refractivity contribution in [3.63, 3.8) is 0 Å². The number of hydrogen-bond acceptors (Lipinski definition) is 4. The van der Waals surface area contributed by atoms with Crippen LogP contribution in [0.2, 0.25) is 0 Å². The van der Waals surface area contributed by atoms with Crippen LogP contribution in [0.15, 0.2) is 34.1 Å². The molecule has 1 aliphatic heterocycles. The first-order valence-electron chi connectivity index (χ1n) is 7.58. The summed E-state index contributed by atoms with van der Waals surface area (Å²) in [5.74, 6) is -0.650. The van der Waals surface area contributed by atoms with Crippen LogP contribution in [-0.4, -0.2) is 35.7 Å². The van der Waals surface area contributed by atoms with Crippen LogP contribution in [-0.2, 0) is 4.79 Å². The first-order valence-corrected chi connectivity index (χ1v) is 9.19. The summed E-state index contributed by atoms with van der Waals surface area (Å²) in [5, 5.41) is 9.56. The van der Waals surface area contributed by atoms with Crippen molar-refractivity contribution >= 4 is 33.2 Å². The summed E-state index contributed by atoms with van der Waals surface area (Å²) in [4.78, 5) is 14.5. The molecule has 0 aliphatic carbocycles. The lowest BCUT2D eigenvalue weighted by atomic mass is 10.0. The van der Waals surface area contributed by atoms with Crippen molar-refractivity contribution in [3.05, 3.63) is 50.4 Å². The fraction of sp³-hybridized carbons (Fsp3) is 0.353. The van der Waals surface area contributed by atoms with Crippen molar-refractivity contribution in [1.29, 1.82) is 0 Å². The highest BCUT2D eigenvalue weighted by Gasteiger charge is 2.38. The van der Waals surface area contributed by atoms with Gasteiger partial charge in [-0.3, -0.25) is 9.69 Å². The van der Waals surface area contributed by atoms with Gasteiger partial charge in [0, 0.05) is 17.0 Å². The molecule has 0 saturated carbocycles. The summed E-state index contributed by atoms with van der Waals surface area (Å²) in [6.07, 6.45) is 1.40. The molecule has 4 nitrogen and oxygen atoms in total. The van der Waals surface area contributed by atoms with Gasteiger partial charge in [-0.25, -0.2) is 4.39 Å². The van der Waals surface area contributed by atoms with Gasteiger partial charge >= 0.3 is 5.97 Å². The minimum Gasteiger partial charge on any atom is -0.496 e. The molecule has 2 unspecified atom stereocenters. The molecule has 0 bridgehead atoms. The lowest BCUT2D eigenvalue weighted by Gasteiger charge is -2.31. The fourth-order valence-corrected chi connectivity index (χ4v) is 4.82. The Morgan fingerprint density at radius 3 is 2.88 bits per heavy atom. The molecule has 1 saturated heterocycles. The quantitative estimate of drug-likeness (QED) is 0.793. The first-order chi connectivity index (χ1) is 11.5. The van der Waals surface area contributed by atoms with Crippen molar-refractivity contribution in [3.8, 4) is 5.75 Å². The van der Waals surface area contributed by atoms with Gasteiger partial charge in [0.05, 0.1) is 16.9 Å². The second kappa shape index (κ2) is 7.21. The Bertz CT molecular complexity index is 751. The van der Waals surface area contributed by atoms with Gasteiger partial charge in [0.15, 0.2) is 0 Å². The van der Waals surface area contributed by atoms with Crippen molar-refractivity contribution in [2.24, 2.45) is 0 Å². The molecule has 1 aliphatic rings. The molecule has 1 aromatic carbocycles. The number of methoxy groups -OCH3 is 1. The van der Waals surface area contributed by atoms with Crippen molar-refractivity contribution in [1.82, 2.24) is 4.90 Å².